The zero-order valence-electron chi connectivity index (χ0n) is 21.1. The molecule has 0 aliphatic rings. The zero-order valence-corrected chi connectivity index (χ0v) is 21.9. The molecule has 0 aliphatic heterocycles. The number of aliphatic hydroxyl groups is 1. The van der Waals surface area contributed by atoms with E-state index in [1.54, 1.807) is 42.5 Å². The Morgan fingerprint density at radius 1 is 1.08 bits per heavy atom. The van der Waals surface area contributed by atoms with Gasteiger partial charge in [-0.05, 0) is 30.7 Å². The first kappa shape index (κ1) is 28.5. The maximum absolute atomic E-state index is 13.9. The molecule has 0 radical (unpaired) electrons. The number of methoxy groups -OCH3 is 2. The molecule has 0 saturated heterocycles. The van der Waals surface area contributed by atoms with Crippen LogP contribution in [-0.4, -0.2) is 48.8 Å². The molecule has 3 aromatic carbocycles. The van der Waals surface area contributed by atoms with Gasteiger partial charge in [0.2, 0.25) is 10.0 Å². The van der Waals surface area contributed by atoms with Crippen LogP contribution in [0.25, 0.3) is 0 Å². The molecule has 10 nitrogen and oxygen atoms in total. The van der Waals surface area contributed by atoms with Gasteiger partial charge in [-0.1, -0.05) is 36.4 Å². The second-order valence-corrected chi connectivity index (χ2v) is 10.2. The average Bonchev–Trinajstić information content (AvgIpc) is 2.92. The van der Waals surface area contributed by atoms with Crippen molar-refractivity contribution in [2.45, 2.75) is 30.5 Å². The number of carbonyl (C=O) groups excluding carboxylic acids is 1. The number of ketones is 1. The summed E-state index contributed by atoms with van der Waals surface area (Å²) in [7, 11) is -1.41. The molecule has 0 saturated carbocycles. The molecule has 1 N–H and O–H groups in total. The number of carbonyl (C=O) groups is 1. The van der Waals surface area contributed by atoms with Gasteiger partial charge in [-0.3, -0.25) is 14.9 Å². The molecule has 38 heavy (non-hydrogen) atoms. The molecule has 0 fully saturated rings. The van der Waals surface area contributed by atoms with Gasteiger partial charge in [0.15, 0.2) is 5.78 Å². The lowest BCUT2D eigenvalue weighted by Gasteiger charge is -2.32. The van der Waals surface area contributed by atoms with Crippen molar-refractivity contribution in [2.75, 3.05) is 14.2 Å². The zero-order chi connectivity index (χ0) is 28.0. The molecule has 200 valence electrons. The Kier molecular flexibility index (Phi) is 9.00. The van der Waals surface area contributed by atoms with E-state index >= 15 is 0 Å². The van der Waals surface area contributed by atoms with Crippen molar-refractivity contribution in [2.24, 2.45) is 0 Å². The third-order valence-electron chi connectivity index (χ3n) is 6.03. The van der Waals surface area contributed by atoms with Crippen LogP contribution in [0.3, 0.4) is 0 Å². The molecule has 0 heterocycles. The number of aliphatic hydroxyl groups excluding tert-OH is 1. The Labute approximate surface area is 220 Å². The number of hydrogen-bond acceptors (Lipinski definition) is 8. The fourth-order valence-electron chi connectivity index (χ4n) is 3.89. The number of Topliss-reactive ketones (excluding diaryl/α,β-unsaturated/α-hetero) is 1. The van der Waals surface area contributed by atoms with Crippen LogP contribution in [0.1, 0.15) is 34.5 Å². The molecule has 0 bridgehead atoms. The monoisotopic (exact) mass is 540 g/mol. The van der Waals surface area contributed by atoms with Crippen molar-refractivity contribution < 1.29 is 32.7 Å². The van der Waals surface area contributed by atoms with Gasteiger partial charge in [0, 0.05) is 35.9 Å². The van der Waals surface area contributed by atoms with Crippen molar-refractivity contribution in [1.82, 2.24) is 4.31 Å². The summed E-state index contributed by atoms with van der Waals surface area (Å²) in [5.41, 5.74) is 1.02. The van der Waals surface area contributed by atoms with Crippen LogP contribution in [0.2, 0.25) is 0 Å². The van der Waals surface area contributed by atoms with Crippen LogP contribution in [-0.2, 0) is 16.6 Å². The highest BCUT2D eigenvalue weighted by Crippen LogP contribution is 2.33. The number of rotatable bonds is 12. The topological polar surface area (TPSA) is 136 Å². The van der Waals surface area contributed by atoms with E-state index in [4.69, 9.17) is 9.47 Å². The Morgan fingerprint density at radius 2 is 1.71 bits per heavy atom. The van der Waals surface area contributed by atoms with Gasteiger partial charge in [0.05, 0.1) is 36.2 Å². The number of nitro groups is 1. The molecule has 3 aromatic rings. The summed E-state index contributed by atoms with van der Waals surface area (Å²) < 4.78 is 39.5. The van der Waals surface area contributed by atoms with Crippen LogP contribution >= 0.6 is 0 Å². The average molecular weight is 541 g/mol. The van der Waals surface area contributed by atoms with Gasteiger partial charge in [-0.2, -0.15) is 4.31 Å². The predicted octanol–water partition coefficient (Wildman–Crippen LogP) is 4.29. The highest BCUT2D eigenvalue weighted by molar-refractivity contribution is 7.89. The summed E-state index contributed by atoms with van der Waals surface area (Å²) in [5, 5.41) is 22.4. The van der Waals surface area contributed by atoms with Crippen molar-refractivity contribution in [3.63, 3.8) is 0 Å². The van der Waals surface area contributed by atoms with E-state index in [0.29, 0.717) is 28.2 Å². The first-order valence-corrected chi connectivity index (χ1v) is 12.9. The lowest BCUT2D eigenvalue weighted by atomic mass is 9.99. The van der Waals surface area contributed by atoms with Gasteiger partial charge >= 0.3 is 0 Å². The number of non-ortho nitro benzene ring substituents is 1. The smallest absolute Gasteiger partial charge is 0.269 e. The third kappa shape index (κ3) is 6.08. The summed E-state index contributed by atoms with van der Waals surface area (Å²) in [6.07, 6.45) is -0.0479. The largest absolute Gasteiger partial charge is 0.497 e. The van der Waals surface area contributed by atoms with Crippen molar-refractivity contribution >= 4 is 21.5 Å². The molecular weight excluding hydrogens is 512 g/mol. The number of hydrogen-bond donors (Lipinski definition) is 1. The minimum atomic E-state index is -4.33. The summed E-state index contributed by atoms with van der Waals surface area (Å²) in [6, 6.07) is 14.4. The summed E-state index contributed by atoms with van der Waals surface area (Å²) >= 11 is 0. The molecule has 2 atom stereocenters. The van der Waals surface area contributed by atoms with Crippen LogP contribution in [0.5, 0.6) is 11.5 Å². The number of sulfonamides is 1. The molecule has 3 rings (SSSR count). The molecule has 0 spiro atoms. The van der Waals surface area contributed by atoms with E-state index in [9.17, 15) is 28.4 Å². The quantitative estimate of drug-likeness (QED) is 0.155. The molecule has 0 aliphatic carbocycles. The number of benzene rings is 3. The first-order valence-electron chi connectivity index (χ1n) is 11.4. The maximum atomic E-state index is 13.9. The van der Waals surface area contributed by atoms with Gasteiger partial charge in [0.25, 0.3) is 5.69 Å². The van der Waals surface area contributed by atoms with Crippen LogP contribution in [0, 0.1) is 10.1 Å². The van der Waals surface area contributed by atoms with Gasteiger partial charge in [0.1, 0.15) is 11.5 Å². The second-order valence-electron chi connectivity index (χ2n) is 8.33. The normalized spacial score (nSPS) is 13.0. The minimum Gasteiger partial charge on any atom is -0.497 e. The predicted molar refractivity (Wildman–Crippen MR) is 141 cm³/mol. The molecule has 0 unspecified atom stereocenters. The Morgan fingerprint density at radius 3 is 2.21 bits per heavy atom. The van der Waals surface area contributed by atoms with Gasteiger partial charge in [-0.25, -0.2) is 8.42 Å². The number of nitro benzene ring substituents is 1. The lowest BCUT2D eigenvalue weighted by molar-refractivity contribution is -0.384. The molecule has 0 amide bonds. The van der Waals surface area contributed by atoms with E-state index in [2.05, 4.69) is 6.58 Å². The van der Waals surface area contributed by atoms with Crippen molar-refractivity contribution in [3.8, 4) is 11.5 Å². The van der Waals surface area contributed by atoms with Crippen molar-refractivity contribution in [1.29, 1.82) is 0 Å². The van der Waals surface area contributed by atoms with E-state index in [-0.39, 0.29) is 22.9 Å². The molecular formula is C27H28N2O8S. The van der Waals surface area contributed by atoms with E-state index in [1.165, 1.54) is 27.2 Å². The van der Waals surface area contributed by atoms with E-state index < -0.39 is 27.1 Å². The summed E-state index contributed by atoms with van der Waals surface area (Å²) in [5.74, 6) is 0.706. The fraction of sp³-hybridized carbons (Fsp3) is 0.222. The Hall–Kier alpha value is -4.06. The third-order valence-corrected chi connectivity index (χ3v) is 7.89. The summed E-state index contributed by atoms with van der Waals surface area (Å²) in [6.45, 7) is 4.95. The molecule has 0 aromatic heterocycles. The lowest BCUT2D eigenvalue weighted by Crippen LogP contribution is -2.42. The standard InChI is InChI=1S/C27H28N2O8S/c1-5-25(27(31)20-8-6-19(7-9-20)18(2)30)28(17-21-10-13-23(36-3)16-26(21)37-4)38(34,35)24-14-11-22(12-15-24)29(32)33/h5-16,25,27,31H,1,17H2,2-4H3/t25-,27+/m1/s1. The number of ether oxygens (including phenoxy) is 2. The van der Waals surface area contributed by atoms with Gasteiger partial charge in [-0.15, -0.1) is 6.58 Å². The summed E-state index contributed by atoms with van der Waals surface area (Å²) in [4.78, 5) is 21.9. The maximum Gasteiger partial charge on any atom is 0.269 e. The number of nitrogens with zero attached hydrogens (tertiary/aromatic N) is 2. The highest BCUT2D eigenvalue weighted by Gasteiger charge is 2.36. The van der Waals surface area contributed by atoms with Crippen LogP contribution < -0.4 is 9.47 Å². The fourth-order valence-corrected chi connectivity index (χ4v) is 5.47. The highest BCUT2D eigenvalue weighted by atomic mass is 32.2. The Balaban J connectivity index is 2.12. The molecule has 11 heteroatoms. The minimum absolute atomic E-state index is 0.153. The van der Waals surface area contributed by atoms with E-state index in [0.717, 1.165) is 28.6 Å². The van der Waals surface area contributed by atoms with Crippen molar-refractivity contribution in [3.05, 3.63) is 106 Å². The Bertz CT molecular complexity index is 1420. The van der Waals surface area contributed by atoms with Gasteiger partial charge < -0.3 is 14.6 Å². The van der Waals surface area contributed by atoms with Crippen LogP contribution in [0.15, 0.2) is 84.3 Å². The van der Waals surface area contributed by atoms with E-state index in [1.807, 2.05) is 0 Å². The second kappa shape index (κ2) is 12.0. The van der Waals surface area contributed by atoms with Crippen LogP contribution in [0.4, 0.5) is 5.69 Å². The SMILES string of the molecule is C=C[C@H]([C@@H](O)c1ccc(C(C)=O)cc1)N(Cc1ccc(OC)cc1OC)S(=O)(=O)c1ccc([N+](=O)[O-])cc1. The first-order chi connectivity index (χ1) is 18.0.